The minimum absolute atomic E-state index is 1.25. The molecule has 0 saturated carbocycles. The van der Waals surface area contributed by atoms with Crippen LogP contribution in [0.5, 0.6) is 0 Å². The lowest BCUT2D eigenvalue weighted by molar-refractivity contribution is -0.535. The molecule has 2 nitrogen and oxygen atoms in total. The van der Waals surface area contributed by atoms with Gasteiger partial charge in [-0.05, 0) is 32.1 Å². The Labute approximate surface area is 147 Å². The first-order valence-corrected chi connectivity index (χ1v) is 10.6. The lowest BCUT2D eigenvalue weighted by Crippen LogP contribution is -2.40. The molecule has 0 aromatic rings. The van der Waals surface area contributed by atoms with Crippen LogP contribution in [0.3, 0.4) is 0 Å². The molecule has 0 fully saturated rings. The fourth-order valence-corrected chi connectivity index (χ4v) is 2.99. The molecule has 0 radical (unpaired) electrons. The SMILES string of the molecule is CCCCC(N(CCCC)CCCC)=[N+](CCCC)CCCC. The van der Waals surface area contributed by atoms with Crippen molar-refractivity contribution in [1.29, 1.82) is 0 Å². The number of nitrogens with zero attached hydrogens (tertiary/aromatic N) is 2. The fraction of sp³-hybridized carbons (Fsp3) is 0.952. The van der Waals surface area contributed by atoms with E-state index in [1.165, 1.54) is 96.8 Å². The number of hydrogen-bond acceptors (Lipinski definition) is 0. The molecule has 0 aliphatic rings. The summed E-state index contributed by atoms with van der Waals surface area (Å²) in [7, 11) is 0. The molecular weight excluding hydrogens is 280 g/mol. The summed E-state index contributed by atoms with van der Waals surface area (Å²) in [5.74, 6) is 1.66. The van der Waals surface area contributed by atoms with Gasteiger partial charge in [-0.3, -0.25) is 9.48 Å². The van der Waals surface area contributed by atoms with Crippen molar-refractivity contribution in [3.63, 3.8) is 0 Å². The summed E-state index contributed by atoms with van der Waals surface area (Å²) in [5, 5.41) is 0. The summed E-state index contributed by atoms with van der Waals surface area (Å²) >= 11 is 0. The van der Waals surface area contributed by atoms with Gasteiger partial charge < -0.3 is 0 Å². The zero-order valence-corrected chi connectivity index (χ0v) is 17.0. The van der Waals surface area contributed by atoms with Gasteiger partial charge in [0.1, 0.15) is 0 Å². The third kappa shape index (κ3) is 10.8. The predicted octanol–water partition coefficient (Wildman–Crippen LogP) is 6.09. The average Bonchev–Trinajstić information content (AvgIpc) is 2.57. The maximum absolute atomic E-state index is 2.74. The molecule has 2 heteroatoms. The van der Waals surface area contributed by atoms with Gasteiger partial charge in [0.25, 0.3) is 0 Å². The topological polar surface area (TPSA) is 6.25 Å². The van der Waals surface area contributed by atoms with Crippen LogP contribution in [-0.4, -0.2) is 41.5 Å². The summed E-state index contributed by atoms with van der Waals surface area (Å²) in [5.41, 5.74) is 0. The van der Waals surface area contributed by atoms with E-state index >= 15 is 0 Å². The Kier molecular flexibility index (Phi) is 16.0. The van der Waals surface area contributed by atoms with Crippen LogP contribution < -0.4 is 0 Å². The summed E-state index contributed by atoms with van der Waals surface area (Å²) in [6.45, 7) is 16.6. The minimum Gasteiger partial charge on any atom is -0.266 e. The van der Waals surface area contributed by atoms with Crippen molar-refractivity contribution in [2.45, 2.75) is 105 Å². The van der Waals surface area contributed by atoms with Crippen LogP contribution in [0, 0.1) is 0 Å². The molecule has 0 heterocycles. The van der Waals surface area contributed by atoms with Crippen molar-refractivity contribution in [2.75, 3.05) is 26.2 Å². The van der Waals surface area contributed by atoms with Crippen molar-refractivity contribution in [2.24, 2.45) is 0 Å². The maximum atomic E-state index is 2.74. The predicted molar refractivity (Wildman–Crippen MR) is 106 cm³/mol. The third-order valence-corrected chi connectivity index (χ3v) is 4.61. The van der Waals surface area contributed by atoms with Gasteiger partial charge in [0.05, 0.1) is 26.2 Å². The molecule has 0 unspecified atom stereocenters. The second-order valence-electron chi connectivity index (χ2n) is 6.91. The molecule has 0 amide bonds. The summed E-state index contributed by atoms with van der Waals surface area (Å²) in [6.07, 6.45) is 14.4. The van der Waals surface area contributed by atoms with E-state index in [1.807, 2.05) is 0 Å². The molecule has 0 N–H and O–H groups in total. The van der Waals surface area contributed by atoms with Gasteiger partial charge in [0, 0.05) is 6.42 Å². The first-order valence-electron chi connectivity index (χ1n) is 10.6. The van der Waals surface area contributed by atoms with Gasteiger partial charge in [-0.2, -0.15) is 0 Å². The highest BCUT2D eigenvalue weighted by Gasteiger charge is 2.21. The van der Waals surface area contributed by atoms with Gasteiger partial charge >= 0.3 is 0 Å². The smallest absolute Gasteiger partial charge is 0.246 e. The molecule has 23 heavy (non-hydrogen) atoms. The molecule has 0 aromatic carbocycles. The van der Waals surface area contributed by atoms with Gasteiger partial charge in [0.2, 0.25) is 5.84 Å². The van der Waals surface area contributed by atoms with E-state index in [4.69, 9.17) is 0 Å². The number of amidine groups is 1. The van der Waals surface area contributed by atoms with Crippen LogP contribution in [-0.2, 0) is 0 Å². The number of hydrogen-bond donors (Lipinski definition) is 0. The molecule has 0 saturated heterocycles. The van der Waals surface area contributed by atoms with Gasteiger partial charge in [-0.25, -0.2) is 0 Å². The normalized spacial score (nSPS) is 10.8. The molecule has 0 bridgehead atoms. The number of unbranched alkanes of at least 4 members (excludes halogenated alkanes) is 5. The first kappa shape index (κ1) is 22.5. The Balaban J connectivity index is 5.28. The molecule has 0 spiro atoms. The lowest BCUT2D eigenvalue weighted by atomic mass is 10.1. The van der Waals surface area contributed by atoms with E-state index < -0.39 is 0 Å². The highest BCUT2D eigenvalue weighted by Crippen LogP contribution is 2.09. The van der Waals surface area contributed by atoms with Crippen LogP contribution in [0.1, 0.15) is 105 Å². The molecule has 0 aliphatic heterocycles. The quantitative estimate of drug-likeness (QED) is 0.200. The minimum atomic E-state index is 1.25. The van der Waals surface area contributed by atoms with Gasteiger partial charge in [-0.15, -0.1) is 0 Å². The van der Waals surface area contributed by atoms with Crippen molar-refractivity contribution in [3.05, 3.63) is 0 Å². The highest BCUT2D eigenvalue weighted by molar-refractivity contribution is 5.77. The van der Waals surface area contributed by atoms with Crippen LogP contribution >= 0.6 is 0 Å². The Morgan fingerprint density at radius 2 is 1.04 bits per heavy atom. The standard InChI is InChI=1S/C21H45N2/c1-6-11-16-21(22(17-12-7-2)18-13-8-3)23(19-14-9-4)20-15-10-5/h6-20H2,1-5H3/q+1. The molecule has 0 rings (SSSR count). The Bertz CT molecular complexity index is 266. The monoisotopic (exact) mass is 325 g/mol. The van der Waals surface area contributed by atoms with Gasteiger partial charge in [0.15, 0.2) is 0 Å². The molecule has 0 atom stereocenters. The third-order valence-electron chi connectivity index (χ3n) is 4.61. The van der Waals surface area contributed by atoms with Gasteiger partial charge in [-0.1, -0.05) is 66.7 Å². The van der Waals surface area contributed by atoms with Crippen molar-refractivity contribution >= 4 is 5.84 Å². The Hall–Kier alpha value is -0.530. The van der Waals surface area contributed by atoms with E-state index in [2.05, 4.69) is 44.1 Å². The van der Waals surface area contributed by atoms with Crippen LogP contribution in [0.15, 0.2) is 0 Å². The summed E-state index contributed by atoms with van der Waals surface area (Å²) < 4.78 is 2.74. The second kappa shape index (κ2) is 16.3. The average molecular weight is 326 g/mol. The molecular formula is C21H45N2+. The van der Waals surface area contributed by atoms with E-state index in [1.54, 1.807) is 5.84 Å². The second-order valence-corrected chi connectivity index (χ2v) is 6.91. The summed E-state index contributed by atoms with van der Waals surface area (Å²) in [6, 6.07) is 0. The lowest BCUT2D eigenvalue weighted by Gasteiger charge is -2.23. The Morgan fingerprint density at radius 3 is 1.43 bits per heavy atom. The largest absolute Gasteiger partial charge is 0.266 e. The fourth-order valence-electron chi connectivity index (χ4n) is 2.99. The maximum Gasteiger partial charge on any atom is 0.246 e. The van der Waals surface area contributed by atoms with E-state index in [0.29, 0.717) is 0 Å². The van der Waals surface area contributed by atoms with E-state index in [0.717, 1.165) is 0 Å². The number of rotatable bonds is 15. The zero-order chi connectivity index (χ0) is 17.3. The van der Waals surface area contributed by atoms with Crippen LogP contribution in [0.4, 0.5) is 0 Å². The van der Waals surface area contributed by atoms with Crippen molar-refractivity contribution in [1.82, 2.24) is 4.90 Å². The molecule has 138 valence electrons. The summed E-state index contributed by atoms with van der Waals surface area (Å²) in [4.78, 5) is 2.74. The van der Waals surface area contributed by atoms with E-state index in [-0.39, 0.29) is 0 Å². The zero-order valence-electron chi connectivity index (χ0n) is 17.0. The highest BCUT2D eigenvalue weighted by atomic mass is 15.2. The van der Waals surface area contributed by atoms with Crippen molar-refractivity contribution in [3.8, 4) is 0 Å². The van der Waals surface area contributed by atoms with Crippen LogP contribution in [0.25, 0.3) is 0 Å². The molecule has 0 aromatic heterocycles. The Morgan fingerprint density at radius 1 is 0.609 bits per heavy atom. The van der Waals surface area contributed by atoms with Crippen molar-refractivity contribution < 1.29 is 4.58 Å². The van der Waals surface area contributed by atoms with E-state index in [9.17, 15) is 0 Å². The molecule has 0 aliphatic carbocycles. The van der Waals surface area contributed by atoms with Crippen LogP contribution in [0.2, 0.25) is 0 Å². The first-order chi connectivity index (χ1) is 11.2.